The smallest absolute Gasteiger partial charge is 0.364 e. The van der Waals surface area contributed by atoms with E-state index in [2.05, 4.69) is 0 Å². The van der Waals surface area contributed by atoms with Crippen LogP contribution < -0.4 is 0 Å². The van der Waals surface area contributed by atoms with Gasteiger partial charge in [0.25, 0.3) is 0 Å². The van der Waals surface area contributed by atoms with E-state index in [4.69, 9.17) is 4.74 Å². The summed E-state index contributed by atoms with van der Waals surface area (Å²) in [6, 6.07) is 6.17. The Labute approximate surface area is 126 Å². The van der Waals surface area contributed by atoms with Crippen LogP contribution in [-0.4, -0.2) is 43.7 Å². The summed E-state index contributed by atoms with van der Waals surface area (Å²) in [5.41, 5.74) is -0.0348. The molecule has 0 aromatic heterocycles. The molecule has 0 radical (unpaired) electrons. The second kappa shape index (κ2) is 4.94. The number of hydrogen-bond acceptors (Lipinski definition) is 3. The Morgan fingerprint density at radius 2 is 1.86 bits per heavy atom. The average Bonchev–Trinajstić information content (AvgIpc) is 2.92. The van der Waals surface area contributed by atoms with E-state index in [0.717, 1.165) is 5.56 Å². The van der Waals surface area contributed by atoms with Crippen LogP contribution in [0.2, 0.25) is 0 Å². The summed E-state index contributed by atoms with van der Waals surface area (Å²) in [7, 11) is -3.68. The van der Waals surface area contributed by atoms with Gasteiger partial charge in [-0.15, -0.1) is 0 Å². The molecular weight excluding hydrogens is 319 g/mol. The number of benzene rings is 1. The van der Waals surface area contributed by atoms with Crippen LogP contribution in [0.25, 0.3) is 0 Å². The monoisotopic (exact) mass is 335 g/mol. The first-order valence-electron chi connectivity index (χ1n) is 6.91. The Kier molecular flexibility index (Phi) is 3.54. The van der Waals surface area contributed by atoms with Crippen molar-refractivity contribution in [1.29, 1.82) is 0 Å². The Morgan fingerprint density at radius 3 is 2.41 bits per heavy atom. The fourth-order valence-electron chi connectivity index (χ4n) is 3.07. The Morgan fingerprint density at radius 1 is 1.27 bits per heavy atom. The Bertz CT molecular complexity index is 664. The maximum Gasteiger partial charge on any atom is 0.411 e. The molecule has 3 fully saturated rings. The molecule has 2 heterocycles. The highest BCUT2D eigenvalue weighted by Crippen LogP contribution is 2.49. The molecule has 0 atom stereocenters. The molecule has 0 amide bonds. The van der Waals surface area contributed by atoms with Gasteiger partial charge < -0.3 is 4.74 Å². The number of sulfonamides is 1. The first-order valence-corrected chi connectivity index (χ1v) is 8.35. The lowest BCUT2D eigenvalue weighted by molar-refractivity contribution is -0.210. The van der Waals surface area contributed by atoms with E-state index in [1.165, 1.54) is 16.4 Å². The SMILES string of the molecule is Cc1ccc(S(=O)(=O)N2CC3(OCC(F)(F)F)CC2C3)cc1. The van der Waals surface area contributed by atoms with Crippen LogP contribution in [0.1, 0.15) is 18.4 Å². The van der Waals surface area contributed by atoms with Crippen molar-refractivity contribution in [2.45, 2.75) is 42.5 Å². The molecule has 0 N–H and O–H groups in total. The van der Waals surface area contributed by atoms with Gasteiger partial charge in [-0.3, -0.25) is 0 Å². The molecule has 4 nitrogen and oxygen atoms in total. The standard InChI is InChI=1S/C14H16F3NO3S/c1-10-2-4-12(5-3-10)22(19,20)18-8-13(6-11(18)7-13)21-9-14(15,16)17/h2-5,11H,6-9H2,1H3. The third-order valence-electron chi connectivity index (χ3n) is 4.24. The molecule has 1 saturated carbocycles. The van der Waals surface area contributed by atoms with E-state index in [0.29, 0.717) is 12.8 Å². The first-order chi connectivity index (χ1) is 10.1. The van der Waals surface area contributed by atoms with Gasteiger partial charge in [0, 0.05) is 12.6 Å². The third kappa shape index (κ3) is 2.75. The van der Waals surface area contributed by atoms with Crippen molar-refractivity contribution in [3.63, 3.8) is 0 Å². The molecule has 0 spiro atoms. The predicted molar refractivity (Wildman–Crippen MR) is 72.8 cm³/mol. The van der Waals surface area contributed by atoms with Gasteiger partial charge in [0.1, 0.15) is 6.61 Å². The van der Waals surface area contributed by atoms with E-state index in [9.17, 15) is 21.6 Å². The topological polar surface area (TPSA) is 46.6 Å². The van der Waals surface area contributed by atoms with Gasteiger partial charge >= 0.3 is 6.18 Å². The van der Waals surface area contributed by atoms with E-state index in [-0.39, 0.29) is 17.5 Å². The van der Waals surface area contributed by atoms with Gasteiger partial charge in [0.15, 0.2) is 0 Å². The predicted octanol–water partition coefficient (Wildman–Crippen LogP) is 2.48. The van der Waals surface area contributed by atoms with Crippen molar-refractivity contribution in [3.05, 3.63) is 29.8 Å². The molecule has 1 aromatic rings. The van der Waals surface area contributed by atoms with E-state index < -0.39 is 28.4 Å². The van der Waals surface area contributed by atoms with E-state index >= 15 is 0 Å². The number of rotatable bonds is 4. The summed E-state index contributed by atoms with van der Waals surface area (Å²) >= 11 is 0. The largest absolute Gasteiger partial charge is 0.411 e. The molecular formula is C14H16F3NO3S. The number of ether oxygens (including phenoxy) is 1. The molecule has 4 rings (SSSR count). The highest BCUT2D eigenvalue weighted by atomic mass is 32.2. The molecule has 2 aliphatic heterocycles. The summed E-state index contributed by atoms with van der Waals surface area (Å²) in [6.07, 6.45) is -3.74. The van der Waals surface area contributed by atoms with Crippen molar-refractivity contribution in [3.8, 4) is 0 Å². The van der Waals surface area contributed by atoms with Crippen molar-refractivity contribution < 1.29 is 26.3 Å². The molecule has 22 heavy (non-hydrogen) atoms. The molecule has 122 valence electrons. The van der Waals surface area contributed by atoms with E-state index in [1.54, 1.807) is 12.1 Å². The van der Waals surface area contributed by atoms with Gasteiger partial charge in [-0.05, 0) is 31.9 Å². The van der Waals surface area contributed by atoms with Crippen LogP contribution >= 0.6 is 0 Å². The van der Waals surface area contributed by atoms with Gasteiger partial charge in [-0.1, -0.05) is 17.7 Å². The van der Waals surface area contributed by atoms with Crippen LogP contribution in [0.15, 0.2) is 29.2 Å². The second-order valence-electron chi connectivity index (χ2n) is 6.01. The highest BCUT2D eigenvalue weighted by molar-refractivity contribution is 7.89. The van der Waals surface area contributed by atoms with Gasteiger partial charge in [0.05, 0.1) is 10.5 Å². The summed E-state index contributed by atoms with van der Waals surface area (Å²) in [5, 5.41) is 0. The van der Waals surface area contributed by atoms with Crippen LogP contribution in [-0.2, 0) is 14.8 Å². The van der Waals surface area contributed by atoms with Crippen LogP contribution in [0.5, 0.6) is 0 Å². The Balaban J connectivity index is 1.74. The minimum Gasteiger partial charge on any atom is -0.364 e. The normalized spacial score (nSPS) is 28.6. The second-order valence-corrected chi connectivity index (χ2v) is 7.90. The lowest BCUT2D eigenvalue weighted by Crippen LogP contribution is -2.45. The molecule has 1 aliphatic carbocycles. The minimum absolute atomic E-state index is 0.00996. The fraction of sp³-hybridized carbons (Fsp3) is 0.571. The molecule has 2 bridgehead atoms. The maximum atomic E-state index is 12.6. The number of fused-ring (bicyclic) bond motifs is 1. The minimum atomic E-state index is -4.40. The summed E-state index contributed by atoms with van der Waals surface area (Å²) < 4.78 is 68.2. The van der Waals surface area contributed by atoms with Gasteiger partial charge in [-0.25, -0.2) is 8.42 Å². The summed E-state index contributed by atoms with van der Waals surface area (Å²) in [5.74, 6) is 0. The summed E-state index contributed by atoms with van der Waals surface area (Å²) in [6.45, 7) is 0.505. The van der Waals surface area contributed by atoms with E-state index in [1.807, 2.05) is 6.92 Å². The van der Waals surface area contributed by atoms with Crippen LogP contribution in [0.4, 0.5) is 13.2 Å². The van der Waals surface area contributed by atoms with Gasteiger partial charge in [-0.2, -0.15) is 17.5 Å². The number of nitrogens with zero attached hydrogens (tertiary/aromatic N) is 1. The zero-order valence-electron chi connectivity index (χ0n) is 11.9. The number of hydrogen-bond donors (Lipinski definition) is 0. The van der Waals surface area contributed by atoms with Crippen molar-refractivity contribution in [2.24, 2.45) is 0 Å². The van der Waals surface area contributed by atoms with Gasteiger partial charge in [0.2, 0.25) is 10.0 Å². The average molecular weight is 335 g/mol. The maximum absolute atomic E-state index is 12.6. The molecule has 1 aromatic carbocycles. The molecule has 2 saturated heterocycles. The van der Waals surface area contributed by atoms with Crippen LogP contribution in [0.3, 0.4) is 0 Å². The molecule has 3 aliphatic rings. The zero-order chi connectivity index (χ0) is 16.2. The van der Waals surface area contributed by atoms with Crippen molar-refractivity contribution in [2.75, 3.05) is 13.2 Å². The van der Waals surface area contributed by atoms with Crippen molar-refractivity contribution in [1.82, 2.24) is 4.31 Å². The molecule has 0 unspecified atom stereocenters. The number of alkyl halides is 3. The lowest BCUT2D eigenvalue weighted by Gasteiger charge is -2.37. The number of halogens is 3. The third-order valence-corrected chi connectivity index (χ3v) is 6.15. The quantitative estimate of drug-likeness (QED) is 0.849. The zero-order valence-corrected chi connectivity index (χ0v) is 12.7. The highest BCUT2D eigenvalue weighted by Gasteiger charge is 2.60. The fourth-order valence-corrected chi connectivity index (χ4v) is 4.77. The number of aryl methyl sites for hydroxylation is 1. The Hall–Kier alpha value is -1.12. The lowest BCUT2D eigenvalue weighted by atomic mass is 9.81. The summed E-state index contributed by atoms with van der Waals surface area (Å²) in [4.78, 5) is 0.164. The first kappa shape index (κ1) is 15.8. The van der Waals surface area contributed by atoms with Crippen molar-refractivity contribution >= 4 is 10.0 Å². The van der Waals surface area contributed by atoms with Crippen LogP contribution in [0, 0.1) is 6.92 Å². The molecule has 8 heteroatoms.